The third-order valence-corrected chi connectivity index (χ3v) is 4.61. The first kappa shape index (κ1) is 16.7. The first-order chi connectivity index (χ1) is 12.4. The molecule has 0 atom stereocenters. The van der Waals surface area contributed by atoms with Crippen molar-refractivity contribution in [1.29, 1.82) is 0 Å². The summed E-state index contributed by atoms with van der Waals surface area (Å²) in [5, 5.41) is 2.43. The Morgan fingerprint density at radius 3 is 1.81 bits per heavy atom. The fourth-order valence-electron chi connectivity index (χ4n) is 3.21. The molecule has 26 heavy (non-hydrogen) atoms. The maximum Gasteiger partial charge on any atom is 0.238 e. The Morgan fingerprint density at radius 2 is 1.31 bits per heavy atom. The van der Waals surface area contributed by atoms with Crippen LogP contribution < -0.4 is 0 Å². The molecule has 4 rings (SSSR count). The van der Waals surface area contributed by atoms with Gasteiger partial charge in [-0.25, -0.2) is 4.98 Å². The third kappa shape index (κ3) is 2.66. The molecule has 4 aromatic rings. The fraction of sp³-hybridized carbons (Fsp3) is 0.318. The average molecular weight is 344 g/mol. The van der Waals surface area contributed by atoms with Gasteiger partial charge in [0.05, 0.1) is 11.0 Å². The molecule has 0 saturated carbocycles. The van der Waals surface area contributed by atoms with Crippen molar-refractivity contribution in [2.24, 2.45) is 0 Å². The highest BCUT2D eigenvalue weighted by Crippen LogP contribution is 2.31. The maximum atomic E-state index is 4.87. The molecule has 0 unspecified atom stereocenters. The van der Waals surface area contributed by atoms with Gasteiger partial charge in [-0.2, -0.15) is 9.97 Å². The Hall–Kier alpha value is -2.75. The van der Waals surface area contributed by atoms with Crippen LogP contribution in [-0.4, -0.2) is 19.5 Å². The van der Waals surface area contributed by atoms with E-state index in [0.717, 1.165) is 22.7 Å². The van der Waals surface area contributed by atoms with E-state index in [1.807, 2.05) is 0 Å². The van der Waals surface area contributed by atoms with Crippen LogP contribution in [-0.2, 0) is 5.41 Å². The van der Waals surface area contributed by atoms with Crippen molar-refractivity contribution >= 4 is 21.8 Å². The van der Waals surface area contributed by atoms with Gasteiger partial charge in [-0.15, -0.1) is 0 Å². The predicted molar refractivity (Wildman–Crippen MR) is 107 cm³/mol. The van der Waals surface area contributed by atoms with Crippen molar-refractivity contribution in [2.45, 2.75) is 46.0 Å². The molecule has 0 bridgehead atoms. The van der Waals surface area contributed by atoms with Gasteiger partial charge in [-0.05, 0) is 12.1 Å². The molecule has 2 heterocycles. The monoisotopic (exact) mass is 344 g/mol. The van der Waals surface area contributed by atoms with Gasteiger partial charge >= 0.3 is 0 Å². The van der Waals surface area contributed by atoms with E-state index in [4.69, 9.17) is 15.0 Å². The SMILES string of the molecule is CC(C)c1nc(-n2c3ccccc3c3ccccc32)nc(C(C)(C)C)n1. The maximum absolute atomic E-state index is 4.87. The second-order valence-corrected chi connectivity index (χ2v) is 8.09. The van der Waals surface area contributed by atoms with E-state index in [-0.39, 0.29) is 11.3 Å². The number of hydrogen-bond acceptors (Lipinski definition) is 3. The molecule has 0 amide bonds. The number of benzene rings is 2. The minimum Gasteiger partial charge on any atom is -0.278 e. The highest BCUT2D eigenvalue weighted by Gasteiger charge is 2.22. The van der Waals surface area contributed by atoms with Gasteiger partial charge in [0.1, 0.15) is 11.6 Å². The van der Waals surface area contributed by atoms with Crippen molar-refractivity contribution in [1.82, 2.24) is 19.5 Å². The molecule has 0 fully saturated rings. The minimum absolute atomic E-state index is 0.139. The Labute approximate surface area is 153 Å². The third-order valence-electron chi connectivity index (χ3n) is 4.61. The molecule has 0 aliphatic heterocycles. The van der Waals surface area contributed by atoms with Crippen LogP contribution in [0.15, 0.2) is 48.5 Å². The Kier molecular flexibility index (Phi) is 3.79. The van der Waals surface area contributed by atoms with Crippen molar-refractivity contribution in [3.05, 3.63) is 60.2 Å². The van der Waals surface area contributed by atoms with Gasteiger partial charge in [-0.1, -0.05) is 71.0 Å². The van der Waals surface area contributed by atoms with E-state index in [1.54, 1.807) is 0 Å². The van der Waals surface area contributed by atoms with E-state index in [2.05, 4.69) is 87.7 Å². The van der Waals surface area contributed by atoms with E-state index in [1.165, 1.54) is 10.8 Å². The van der Waals surface area contributed by atoms with Gasteiger partial charge in [-0.3, -0.25) is 4.57 Å². The lowest BCUT2D eigenvalue weighted by atomic mass is 9.95. The summed E-state index contributed by atoms with van der Waals surface area (Å²) in [5.41, 5.74) is 2.10. The standard InChI is InChI=1S/C22H24N4/c1-14(2)19-23-20(22(3,4)5)25-21(24-19)26-17-12-8-6-10-15(17)16-11-7-9-13-18(16)26/h6-14H,1-5H3. The highest BCUT2D eigenvalue weighted by molar-refractivity contribution is 6.08. The zero-order chi connectivity index (χ0) is 18.5. The average Bonchev–Trinajstić information content (AvgIpc) is 2.95. The summed E-state index contributed by atoms with van der Waals surface area (Å²) in [6.07, 6.45) is 0. The van der Waals surface area contributed by atoms with Crippen LogP contribution in [0, 0.1) is 0 Å². The molecule has 4 nitrogen and oxygen atoms in total. The summed E-state index contributed by atoms with van der Waals surface area (Å²) < 4.78 is 2.16. The van der Waals surface area contributed by atoms with Crippen LogP contribution in [0.2, 0.25) is 0 Å². The van der Waals surface area contributed by atoms with Gasteiger partial charge < -0.3 is 0 Å². The van der Waals surface area contributed by atoms with Crippen LogP contribution in [0.25, 0.3) is 27.8 Å². The zero-order valence-corrected chi connectivity index (χ0v) is 16.0. The fourth-order valence-corrected chi connectivity index (χ4v) is 3.21. The lowest BCUT2D eigenvalue weighted by Crippen LogP contribution is -2.20. The Morgan fingerprint density at radius 1 is 0.769 bits per heavy atom. The minimum atomic E-state index is -0.139. The van der Waals surface area contributed by atoms with E-state index < -0.39 is 0 Å². The van der Waals surface area contributed by atoms with Gasteiger partial charge in [0.15, 0.2) is 0 Å². The topological polar surface area (TPSA) is 43.6 Å². The molecular weight excluding hydrogens is 320 g/mol. The van der Waals surface area contributed by atoms with Crippen molar-refractivity contribution in [3.8, 4) is 5.95 Å². The summed E-state index contributed by atoms with van der Waals surface area (Å²) in [6.45, 7) is 10.7. The predicted octanol–water partition coefficient (Wildman–Crippen LogP) is 5.39. The van der Waals surface area contributed by atoms with Crippen LogP contribution in [0.4, 0.5) is 0 Å². The Balaban J connectivity index is 2.11. The lowest BCUT2D eigenvalue weighted by molar-refractivity contribution is 0.529. The van der Waals surface area contributed by atoms with Crippen molar-refractivity contribution < 1.29 is 0 Å². The quantitative estimate of drug-likeness (QED) is 0.490. The van der Waals surface area contributed by atoms with E-state index in [9.17, 15) is 0 Å². The largest absolute Gasteiger partial charge is 0.278 e. The van der Waals surface area contributed by atoms with Gasteiger partial charge in [0.25, 0.3) is 0 Å². The molecule has 0 aliphatic carbocycles. The summed E-state index contributed by atoms with van der Waals surface area (Å²) in [4.78, 5) is 14.4. The molecule has 0 N–H and O–H groups in total. The van der Waals surface area contributed by atoms with Crippen molar-refractivity contribution in [3.63, 3.8) is 0 Å². The number of para-hydroxylation sites is 2. The number of rotatable bonds is 2. The number of hydrogen-bond donors (Lipinski definition) is 0. The van der Waals surface area contributed by atoms with Gasteiger partial charge in [0.2, 0.25) is 5.95 Å². The van der Waals surface area contributed by atoms with Gasteiger partial charge in [0, 0.05) is 22.1 Å². The Bertz CT molecular complexity index is 1050. The zero-order valence-electron chi connectivity index (χ0n) is 16.0. The first-order valence-corrected chi connectivity index (χ1v) is 9.11. The first-order valence-electron chi connectivity index (χ1n) is 9.11. The molecule has 0 spiro atoms. The van der Waals surface area contributed by atoms with E-state index >= 15 is 0 Å². The molecule has 2 aromatic carbocycles. The lowest BCUT2D eigenvalue weighted by Gasteiger charge is -2.19. The second-order valence-electron chi connectivity index (χ2n) is 8.09. The molecule has 0 aliphatic rings. The normalized spacial score (nSPS) is 12.4. The van der Waals surface area contributed by atoms with Crippen LogP contribution in [0.3, 0.4) is 0 Å². The second kappa shape index (κ2) is 5.90. The summed E-state index contributed by atoms with van der Waals surface area (Å²) >= 11 is 0. The summed E-state index contributed by atoms with van der Waals surface area (Å²) in [6, 6.07) is 16.8. The molecule has 0 saturated heterocycles. The van der Waals surface area contributed by atoms with Crippen molar-refractivity contribution in [2.75, 3.05) is 0 Å². The van der Waals surface area contributed by atoms with E-state index in [0.29, 0.717) is 5.95 Å². The molecule has 132 valence electrons. The number of nitrogens with zero attached hydrogens (tertiary/aromatic N) is 4. The molecule has 0 radical (unpaired) electrons. The molecule has 2 aromatic heterocycles. The van der Waals surface area contributed by atoms with Crippen LogP contribution in [0.1, 0.15) is 52.2 Å². The highest BCUT2D eigenvalue weighted by atomic mass is 15.2. The van der Waals surface area contributed by atoms with Crippen LogP contribution >= 0.6 is 0 Å². The summed E-state index contributed by atoms with van der Waals surface area (Å²) in [7, 11) is 0. The van der Waals surface area contributed by atoms with Crippen LogP contribution in [0.5, 0.6) is 0 Å². The smallest absolute Gasteiger partial charge is 0.238 e. The molecular formula is C22H24N4. The molecule has 4 heteroatoms. The number of aromatic nitrogens is 4. The number of fused-ring (bicyclic) bond motifs is 3. The summed E-state index contributed by atoms with van der Waals surface area (Å²) in [5.74, 6) is 2.60.